The van der Waals surface area contributed by atoms with Crippen molar-refractivity contribution in [1.29, 1.82) is 0 Å². The van der Waals surface area contributed by atoms with E-state index in [0.717, 1.165) is 23.4 Å². The highest BCUT2D eigenvalue weighted by Gasteiger charge is 2.44. The predicted octanol–water partition coefficient (Wildman–Crippen LogP) is 0.831. The van der Waals surface area contributed by atoms with Gasteiger partial charge in [-0.15, -0.1) is 0 Å². The van der Waals surface area contributed by atoms with Crippen LogP contribution in [0.2, 0.25) is 0 Å². The Kier molecular flexibility index (Phi) is 4.96. The summed E-state index contributed by atoms with van der Waals surface area (Å²) in [5.41, 5.74) is 1.44. The third kappa shape index (κ3) is 3.23. The van der Waals surface area contributed by atoms with Crippen molar-refractivity contribution in [2.75, 3.05) is 19.0 Å². The molecule has 29 heavy (non-hydrogen) atoms. The second kappa shape index (κ2) is 7.44. The van der Waals surface area contributed by atoms with E-state index in [9.17, 15) is 19.2 Å². The Morgan fingerprint density at radius 1 is 1.07 bits per heavy atom. The zero-order valence-electron chi connectivity index (χ0n) is 16.5. The maximum atomic E-state index is 13.0. The normalized spacial score (nSPS) is 26.6. The Labute approximate surface area is 168 Å². The first-order valence-electron chi connectivity index (χ1n) is 9.83. The van der Waals surface area contributed by atoms with Crippen molar-refractivity contribution in [2.45, 2.75) is 43.8 Å². The summed E-state index contributed by atoms with van der Waals surface area (Å²) in [6, 6.07) is 4.78. The van der Waals surface area contributed by atoms with Gasteiger partial charge in [-0.1, -0.05) is 12.2 Å². The van der Waals surface area contributed by atoms with Crippen molar-refractivity contribution in [3.8, 4) is 0 Å². The minimum Gasteiger partial charge on any atom is -0.370 e. The molecule has 8 heteroatoms. The third-order valence-corrected chi connectivity index (χ3v) is 6.10. The van der Waals surface area contributed by atoms with Crippen LogP contribution in [0.5, 0.6) is 0 Å². The number of likely N-dealkylation sites (N-methyl/N-ethyl adjacent to an activating group) is 2. The lowest BCUT2D eigenvalue weighted by Gasteiger charge is -2.37. The first-order chi connectivity index (χ1) is 13.9. The molecule has 0 spiro atoms. The van der Waals surface area contributed by atoms with Gasteiger partial charge >= 0.3 is 0 Å². The standard InChI is InChI=1S/C21H24N4O4/c1-22-15-5-3-4-6-16(15)24(2)12-7-8-13-14(11-12)21(29)25(20(13)28)17-9-10-18(26)23-19(17)27/h3-4,7-8,11,15-17,22H,5-6,9-10H2,1-2H3,(H,23,26,27)/t15-,16+,17?/m1/s1. The van der Waals surface area contributed by atoms with Crippen LogP contribution < -0.4 is 15.5 Å². The topological polar surface area (TPSA) is 98.8 Å². The van der Waals surface area contributed by atoms with Crippen LogP contribution in [0, 0.1) is 0 Å². The molecule has 0 saturated carbocycles. The van der Waals surface area contributed by atoms with Gasteiger partial charge in [0.15, 0.2) is 0 Å². The van der Waals surface area contributed by atoms with Crippen molar-refractivity contribution in [1.82, 2.24) is 15.5 Å². The Hall–Kier alpha value is -3.00. The molecule has 1 aromatic carbocycles. The van der Waals surface area contributed by atoms with Crippen LogP contribution >= 0.6 is 0 Å². The van der Waals surface area contributed by atoms with Gasteiger partial charge in [0.05, 0.1) is 11.1 Å². The van der Waals surface area contributed by atoms with Crippen LogP contribution in [0.15, 0.2) is 30.4 Å². The number of nitrogens with one attached hydrogen (secondary N) is 2. The molecule has 0 aromatic heterocycles. The first kappa shape index (κ1) is 19.3. The quantitative estimate of drug-likeness (QED) is 0.578. The molecule has 8 nitrogen and oxygen atoms in total. The fourth-order valence-corrected chi connectivity index (χ4v) is 4.41. The lowest BCUT2D eigenvalue weighted by Crippen LogP contribution is -2.54. The highest BCUT2D eigenvalue weighted by atomic mass is 16.2. The Morgan fingerprint density at radius 3 is 2.52 bits per heavy atom. The van der Waals surface area contributed by atoms with Gasteiger partial charge in [0.25, 0.3) is 11.8 Å². The summed E-state index contributed by atoms with van der Waals surface area (Å²) in [4.78, 5) is 52.5. The fourth-order valence-electron chi connectivity index (χ4n) is 4.41. The Morgan fingerprint density at radius 2 is 1.79 bits per heavy atom. The maximum Gasteiger partial charge on any atom is 0.262 e. The summed E-state index contributed by atoms with van der Waals surface area (Å²) in [5.74, 6) is -1.95. The average molecular weight is 396 g/mol. The number of hydrogen-bond acceptors (Lipinski definition) is 6. The molecule has 152 valence electrons. The van der Waals surface area contributed by atoms with E-state index in [2.05, 4.69) is 27.7 Å². The molecule has 4 rings (SSSR count). The van der Waals surface area contributed by atoms with Gasteiger partial charge in [0, 0.05) is 31.2 Å². The van der Waals surface area contributed by atoms with Gasteiger partial charge in [-0.25, -0.2) is 0 Å². The highest BCUT2D eigenvalue weighted by molar-refractivity contribution is 6.23. The molecule has 2 heterocycles. The molecule has 3 atom stereocenters. The van der Waals surface area contributed by atoms with Gasteiger partial charge in [0.1, 0.15) is 6.04 Å². The number of imide groups is 2. The molecule has 0 bridgehead atoms. The number of piperidine rings is 1. The molecule has 3 aliphatic rings. The predicted molar refractivity (Wildman–Crippen MR) is 107 cm³/mol. The van der Waals surface area contributed by atoms with Crippen LogP contribution in [-0.2, 0) is 9.59 Å². The summed E-state index contributed by atoms with van der Waals surface area (Å²) >= 11 is 0. The van der Waals surface area contributed by atoms with Crippen LogP contribution in [0.1, 0.15) is 46.4 Å². The lowest BCUT2D eigenvalue weighted by molar-refractivity contribution is -0.136. The van der Waals surface area contributed by atoms with Crippen molar-refractivity contribution in [3.05, 3.63) is 41.5 Å². The zero-order valence-corrected chi connectivity index (χ0v) is 16.5. The molecule has 1 unspecified atom stereocenters. The van der Waals surface area contributed by atoms with Crippen molar-refractivity contribution >= 4 is 29.3 Å². The smallest absolute Gasteiger partial charge is 0.262 e. The van der Waals surface area contributed by atoms with E-state index in [4.69, 9.17) is 0 Å². The third-order valence-electron chi connectivity index (χ3n) is 6.10. The number of nitrogens with zero attached hydrogens (tertiary/aromatic N) is 2. The summed E-state index contributed by atoms with van der Waals surface area (Å²) in [6.45, 7) is 0. The van der Waals surface area contributed by atoms with Gasteiger partial charge < -0.3 is 10.2 Å². The molecule has 1 aromatic rings. The number of carbonyl (C=O) groups is 4. The number of anilines is 1. The van der Waals surface area contributed by atoms with Gasteiger partial charge in [-0.2, -0.15) is 0 Å². The minimum atomic E-state index is -0.946. The molecule has 0 radical (unpaired) electrons. The second-order valence-electron chi connectivity index (χ2n) is 7.69. The van der Waals surface area contributed by atoms with Crippen LogP contribution in [0.4, 0.5) is 5.69 Å². The lowest BCUT2D eigenvalue weighted by atomic mass is 9.94. The second-order valence-corrected chi connectivity index (χ2v) is 7.69. The highest BCUT2D eigenvalue weighted by Crippen LogP contribution is 2.32. The molecule has 4 amide bonds. The van der Waals surface area contributed by atoms with E-state index < -0.39 is 23.8 Å². The van der Waals surface area contributed by atoms with Crippen molar-refractivity contribution in [3.63, 3.8) is 0 Å². The zero-order chi connectivity index (χ0) is 20.7. The molecule has 1 aliphatic carbocycles. The van der Waals surface area contributed by atoms with E-state index in [1.165, 1.54) is 0 Å². The van der Waals surface area contributed by atoms with E-state index >= 15 is 0 Å². The van der Waals surface area contributed by atoms with Gasteiger partial charge in [-0.05, 0) is 44.5 Å². The number of carbonyl (C=O) groups excluding carboxylic acids is 4. The number of hydrogen-bond donors (Lipinski definition) is 2. The number of rotatable bonds is 4. The molecule has 2 aliphatic heterocycles. The summed E-state index contributed by atoms with van der Waals surface area (Å²) in [6.07, 6.45) is 6.39. The fraction of sp³-hybridized carbons (Fsp3) is 0.429. The largest absolute Gasteiger partial charge is 0.370 e. The van der Waals surface area contributed by atoms with E-state index in [-0.39, 0.29) is 30.8 Å². The van der Waals surface area contributed by atoms with Gasteiger partial charge in [0.2, 0.25) is 11.8 Å². The summed E-state index contributed by atoms with van der Waals surface area (Å²) < 4.78 is 0. The Bertz CT molecular complexity index is 925. The molecule has 2 N–H and O–H groups in total. The van der Waals surface area contributed by atoms with Gasteiger partial charge in [-0.3, -0.25) is 29.4 Å². The van der Waals surface area contributed by atoms with Crippen LogP contribution in [0.25, 0.3) is 0 Å². The molecule has 1 fully saturated rings. The summed E-state index contributed by atoms with van der Waals surface area (Å²) in [7, 11) is 3.92. The number of amides is 4. The molecular formula is C21H24N4O4. The SMILES string of the molecule is CN[C@@H]1CC=CC[C@@H]1N(C)c1ccc2c(c1)C(=O)N(C1CCC(=O)NC1=O)C2=O. The number of fused-ring (bicyclic) bond motifs is 1. The van der Waals surface area contributed by atoms with E-state index in [0.29, 0.717) is 11.1 Å². The molecular weight excluding hydrogens is 372 g/mol. The van der Waals surface area contributed by atoms with E-state index in [1.807, 2.05) is 20.2 Å². The van der Waals surface area contributed by atoms with Crippen molar-refractivity contribution in [2.24, 2.45) is 0 Å². The average Bonchev–Trinajstić information content (AvgIpc) is 2.97. The number of benzene rings is 1. The Balaban J connectivity index is 1.61. The summed E-state index contributed by atoms with van der Waals surface area (Å²) in [5, 5.41) is 5.55. The van der Waals surface area contributed by atoms with Crippen LogP contribution in [0.3, 0.4) is 0 Å². The van der Waals surface area contributed by atoms with E-state index in [1.54, 1.807) is 12.1 Å². The first-order valence-corrected chi connectivity index (χ1v) is 9.83. The monoisotopic (exact) mass is 396 g/mol. The van der Waals surface area contributed by atoms with Crippen LogP contribution in [-0.4, -0.2) is 60.7 Å². The molecule has 1 saturated heterocycles. The minimum absolute atomic E-state index is 0.110. The van der Waals surface area contributed by atoms with Crippen molar-refractivity contribution < 1.29 is 19.2 Å². The maximum absolute atomic E-state index is 13.0.